The van der Waals surface area contributed by atoms with E-state index in [4.69, 9.17) is 0 Å². The van der Waals surface area contributed by atoms with Crippen LogP contribution in [0.4, 0.5) is 4.39 Å². The van der Waals surface area contributed by atoms with Gasteiger partial charge in [-0.15, -0.1) is 0 Å². The van der Waals surface area contributed by atoms with Crippen LogP contribution in [-0.2, 0) is 24.4 Å². The van der Waals surface area contributed by atoms with Crippen LogP contribution in [0.5, 0.6) is 0 Å². The van der Waals surface area contributed by atoms with Crippen molar-refractivity contribution in [2.75, 3.05) is 0 Å². The zero-order valence-corrected chi connectivity index (χ0v) is 16.4. The molecule has 30 heavy (non-hydrogen) atoms. The molecule has 0 spiro atoms. The Morgan fingerprint density at radius 1 is 1.00 bits per heavy atom. The van der Waals surface area contributed by atoms with Crippen LogP contribution in [0.15, 0.2) is 65.6 Å². The third-order valence-corrected chi connectivity index (χ3v) is 4.34. The van der Waals surface area contributed by atoms with Crippen LogP contribution in [0.2, 0.25) is 0 Å². The van der Waals surface area contributed by atoms with Gasteiger partial charge in [-0.25, -0.2) is 4.39 Å². The number of halogens is 1. The van der Waals surface area contributed by atoms with Gasteiger partial charge in [-0.05, 0) is 42.8 Å². The van der Waals surface area contributed by atoms with Crippen LogP contribution in [0.25, 0.3) is 0 Å². The zero-order valence-electron chi connectivity index (χ0n) is 16.4. The molecule has 0 fully saturated rings. The van der Waals surface area contributed by atoms with Crippen molar-refractivity contribution in [1.29, 1.82) is 0 Å². The fourth-order valence-corrected chi connectivity index (χ4v) is 2.77. The maximum Gasteiger partial charge on any atom is 0.253 e. The molecule has 0 saturated heterocycles. The Morgan fingerprint density at radius 2 is 1.77 bits per heavy atom. The van der Waals surface area contributed by atoms with E-state index in [1.165, 1.54) is 35.0 Å². The summed E-state index contributed by atoms with van der Waals surface area (Å²) in [5.74, 6) is -1.13. The van der Waals surface area contributed by atoms with Crippen LogP contribution in [0.3, 0.4) is 0 Å². The predicted octanol–water partition coefficient (Wildman–Crippen LogP) is 1.94. The van der Waals surface area contributed by atoms with Gasteiger partial charge in [0.15, 0.2) is 0 Å². The number of carbonyl (C=O) groups excluding carboxylic acids is 2. The Kier molecular flexibility index (Phi) is 6.69. The Balaban J connectivity index is 1.59. The second-order valence-corrected chi connectivity index (χ2v) is 6.74. The minimum atomic E-state index is -0.405. The molecule has 0 bridgehead atoms. The van der Waals surface area contributed by atoms with Crippen LogP contribution in [-0.4, -0.2) is 21.4 Å². The van der Waals surface area contributed by atoms with Gasteiger partial charge in [-0.2, -0.15) is 0 Å². The van der Waals surface area contributed by atoms with E-state index >= 15 is 0 Å². The molecule has 1 aromatic carbocycles. The van der Waals surface area contributed by atoms with Gasteiger partial charge in [0.05, 0.1) is 17.8 Å². The average Bonchev–Trinajstić information content (AvgIpc) is 2.73. The van der Waals surface area contributed by atoms with Crippen molar-refractivity contribution >= 4 is 11.8 Å². The average molecular weight is 408 g/mol. The number of aromatic nitrogens is 2. The normalized spacial score (nSPS) is 10.5. The van der Waals surface area contributed by atoms with E-state index in [0.717, 1.165) is 11.3 Å². The highest BCUT2D eigenvalue weighted by atomic mass is 19.1. The van der Waals surface area contributed by atoms with Gasteiger partial charge >= 0.3 is 0 Å². The van der Waals surface area contributed by atoms with Gasteiger partial charge < -0.3 is 15.2 Å². The molecule has 0 atom stereocenters. The number of nitrogens with zero attached hydrogens (tertiary/aromatic N) is 2. The van der Waals surface area contributed by atoms with Crippen molar-refractivity contribution in [3.8, 4) is 0 Å². The number of hydrogen-bond acceptors (Lipinski definition) is 4. The molecule has 2 N–H and O–H groups in total. The molecule has 8 heteroatoms. The third kappa shape index (κ3) is 5.84. The summed E-state index contributed by atoms with van der Waals surface area (Å²) in [6.45, 7) is 2.09. The molecule has 3 rings (SSSR count). The number of hydrogen-bond donors (Lipinski definition) is 2. The maximum absolute atomic E-state index is 13.0. The van der Waals surface area contributed by atoms with Crippen molar-refractivity contribution < 1.29 is 14.0 Å². The van der Waals surface area contributed by atoms with Crippen molar-refractivity contribution in [1.82, 2.24) is 20.2 Å². The molecule has 0 radical (unpaired) electrons. The maximum atomic E-state index is 13.0. The van der Waals surface area contributed by atoms with E-state index < -0.39 is 11.5 Å². The lowest BCUT2D eigenvalue weighted by molar-refractivity contribution is -0.121. The first kappa shape index (κ1) is 20.9. The molecule has 2 aromatic heterocycles. The molecule has 3 aromatic rings. The summed E-state index contributed by atoms with van der Waals surface area (Å²) in [6, 6.07) is 13.9. The van der Waals surface area contributed by atoms with E-state index in [9.17, 15) is 18.8 Å². The fraction of sp³-hybridized carbons (Fsp3) is 0.182. The number of nitrogens with one attached hydrogen (secondary N) is 2. The second kappa shape index (κ2) is 9.60. The molecule has 2 amide bonds. The number of rotatable bonds is 7. The Labute approximate surface area is 172 Å². The largest absolute Gasteiger partial charge is 0.349 e. The smallest absolute Gasteiger partial charge is 0.253 e. The van der Waals surface area contributed by atoms with Gasteiger partial charge in [0, 0.05) is 24.5 Å². The lowest BCUT2D eigenvalue weighted by Gasteiger charge is -2.10. The zero-order chi connectivity index (χ0) is 21.5. The Hall–Kier alpha value is -3.81. The lowest BCUT2D eigenvalue weighted by atomic mass is 10.2. The van der Waals surface area contributed by atoms with Crippen LogP contribution in [0.1, 0.15) is 27.3 Å². The monoisotopic (exact) mass is 408 g/mol. The number of aryl methyl sites for hydroxylation is 1. The summed E-state index contributed by atoms with van der Waals surface area (Å²) in [5.41, 5.74) is 2.14. The first-order chi connectivity index (χ1) is 14.4. The SMILES string of the molecule is Cc1cccc(CNC(=O)Cn2cc(C(=O)NCc3ccc(F)cc3)ccc2=O)n1. The summed E-state index contributed by atoms with van der Waals surface area (Å²) in [5, 5.41) is 5.41. The highest BCUT2D eigenvalue weighted by Gasteiger charge is 2.10. The van der Waals surface area contributed by atoms with E-state index in [2.05, 4.69) is 15.6 Å². The minimum Gasteiger partial charge on any atom is -0.349 e. The molecule has 2 heterocycles. The standard InChI is InChI=1S/C22H21FN4O3/c1-15-3-2-4-19(26-15)12-24-20(28)14-27-13-17(7-10-21(27)29)22(30)25-11-16-5-8-18(23)9-6-16/h2-10,13H,11-12,14H2,1H3,(H,24,28)(H,25,30). The third-order valence-electron chi connectivity index (χ3n) is 4.34. The quantitative estimate of drug-likeness (QED) is 0.625. The van der Waals surface area contributed by atoms with Crippen LogP contribution < -0.4 is 16.2 Å². The number of carbonyl (C=O) groups is 2. The highest BCUT2D eigenvalue weighted by molar-refractivity contribution is 5.93. The minimum absolute atomic E-state index is 0.211. The van der Waals surface area contributed by atoms with Crippen molar-refractivity contribution in [3.63, 3.8) is 0 Å². The van der Waals surface area contributed by atoms with Crippen molar-refractivity contribution in [3.05, 3.63) is 99.5 Å². The molecule has 0 aliphatic rings. The Bertz CT molecular complexity index is 1110. The van der Waals surface area contributed by atoms with Crippen molar-refractivity contribution in [2.24, 2.45) is 0 Å². The summed E-state index contributed by atoms with van der Waals surface area (Å²) >= 11 is 0. The van der Waals surface area contributed by atoms with E-state index in [-0.39, 0.29) is 36.9 Å². The summed E-state index contributed by atoms with van der Waals surface area (Å²) in [7, 11) is 0. The number of benzene rings is 1. The fourth-order valence-electron chi connectivity index (χ4n) is 2.77. The van der Waals surface area contributed by atoms with E-state index in [1.54, 1.807) is 18.2 Å². The van der Waals surface area contributed by atoms with E-state index in [0.29, 0.717) is 5.69 Å². The van der Waals surface area contributed by atoms with Crippen molar-refractivity contribution in [2.45, 2.75) is 26.6 Å². The molecule has 0 unspecified atom stereocenters. The molecule has 0 aliphatic heterocycles. The molecular weight excluding hydrogens is 387 g/mol. The lowest BCUT2D eigenvalue weighted by Crippen LogP contribution is -2.33. The topological polar surface area (TPSA) is 93.1 Å². The number of pyridine rings is 2. The molecule has 7 nitrogen and oxygen atoms in total. The van der Waals surface area contributed by atoms with Crippen LogP contribution >= 0.6 is 0 Å². The first-order valence-electron chi connectivity index (χ1n) is 9.33. The summed E-state index contributed by atoms with van der Waals surface area (Å²) in [6.07, 6.45) is 1.34. The molecular formula is C22H21FN4O3. The first-order valence-corrected chi connectivity index (χ1v) is 9.33. The second-order valence-electron chi connectivity index (χ2n) is 6.74. The van der Waals surface area contributed by atoms with Gasteiger partial charge in [0.25, 0.3) is 11.5 Å². The predicted molar refractivity (Wildman–Crippen MR) is 109 cm³/mol. The van der Waals surface area contributed by atoms with Crippen LogP contribution in [0, 0.1) is 12.7 Å². The summed E-state index contributed by atoms with van der Waals surface area (Å²) < 4.78 is 14.1. The van der Waals surface area contributed by atoms with Gasteiger partial charge in [0.1, 0.15) is 12.4 Å². The highest BCUT2D eigenvalue weighted by Crippen LogP contribution is 2.04. The molecule has 0 aliphatic carbocycles. The van der Waals surface area contributed by atoms with Gasteiger partial charge in [-0.1, -0.05) is 18.2 Å². The Morgan fingerprint density at radius 3 is 2.50 bits per heavy atom. The van der Waals surface area contributed by atoms with E-state index in [1.807, 2.05) is 19.1 Å². The van der Waals surface area contributed by atoms with Gasteiger partial charge in [0.2, 0.25) is 5.91 Å². The number of amides is 2. The molecule has 154 valence electrons. The van der Waals surface area contributed by atoms with Gasteiger partial charge in [-0.3, -0.25) is 19.4 Å². The summed E-state index contributed by atoms with van der Waals surface area (Å²) in [4.78, 5) is 40.9. The molecule has 0 saturated carbocycles.